The SMILES string of the molecule is Cc1cc(C(C)c2ccccc2)c(N2C=[N+](c3c(C(C)c4ccccc4)cc(C)cc3C(C)c3ccccc3)CC2)c(C(C)c2ccccc2)c1. The van der Waals surface area contributed by atoms with Crippen molar-refractivity contribution in [2.75, 3.05) is 18.0 Å². The number of rotatable bonds is 10. The monoisotopic (exact) mass is 667 g/mol. The van der Waals surface area contributed by atoms with Gasteiger partial charge in [0.1, 0.15) is 24.5 Å². The third-order valence-electron chi connectivity index (χ3n) is 11.1. The van der Waals surface area contributed by atoms with Gasteiger partial charge in [-0.1, -0.05) is 184 Å². The molecule has 2 nitrogen and oxygen atoms in total. The number of aryl methyl sites for hydroxylation is 2. The Labute approximate surface area is 305 Å². The minimum atomic E-state index is 0.243. The van der Waals surface area contributed by atoms with Crippen LogP contribution in [0.3, 0.4) is 0 Å². The lowest BCUT2D eigenvalue weighted by Gasteiger charge is -2.25. The van der Waals surface area contributed by atoms with E-state index in [1.165, 1.54) is 67.0 Å². The molecule has 7 rings (SSSR count). The van der Waals surface area contributed by atoms with Gasteiger partial charge in [0, 0.05) is 45.9 Å². The van der Waals surface area contributed by atoms with Crippen molar-refractivity contribution in [1.82, 2.24) is 0 Å². The summed E-state index contributed by atoms with van der Waals surface area (Å²) in [4.78, 5) is 2.57. The minimum absolute atomic E-state index is 0.243. The Morgan fingerprint density at radius 3 is 1.12 bits per heavy atom. The fraction of sp³-hybridized carbons (Fsp3) is 0.245. The first kappa shape index (κ1) is 34.2. The summed E-state index contributed by atoms with van der Waals surface area (Å²) in [5.74, 6) is 0.970. The van der Waals surface area contributed by atoms with Crippen LogP contribution >= 0.6 is 0 Å². The number of hydrogen-bond donors (Lipinski definition) is 0. The standard InChI is InChI=1S/C49H51N2/c1-34-29-44(36(3)40-19-11-7-12-20-40)48(45(30-34)37(4)41-21-13-8-14-22-41)50-27-28-51(33-50)49-46(38(5)42-23-15-9-16-24-42)31-35(2)32-47(49)39(6)43-25-17-10-18-26-43/h7-26,29-33,36-39H,27-28H2,1-6H3/q+1. The molecule has 6 aromatic carbocycles. The third kappa shape index (κ3) is 7.06. The first-order valence-electron chi connectivity index (χ1n) is 18.7. The van der Waals surface area contributed by atoms with E-state index in [9.17, 15) is 0 Å². The molecule has 0 aliphatic carbocycles. The molecule has 1 heterocycles. The lowest BCUT2D eigenvalue weighted by molar-refractivity contribution is -0.425. The van der Waals surface area contributed by atoms with E-state index in [2.05, 4.69) is 203 Å². The Balaban J connectivity index is 1.43. The van der Waals surface area contributed by atoms with E-state index in [4.69, 9.17) is 0 Å². The van der Waals surface area contributed by atoms with Gasteiger partial charge in [-0.3, -0.25) is 0 Å². The molecule has 1 aliphatic heterocycles. The van der Waals surface area contributed by atoms with Gasteiger partial charge in [-0.15, -0.1) is 0 Å². The van der Waals surface area contributed by atoms with Crippen molar-refractivity contribution >= 4 is 17.7 Å². The average molecular weight is 668 g/mol. The second kappa shape index (κ2) is 15.0. The maximum Gasteiger partial charge on any atom is 0.244 e. The largest absolute Gasteiger partial charge is 0.244 e. The Morgan fingerprint density at radius 2 is 0.765 bits per heavy atom. The molecule has 6 aromatic rings. The Bertz CT molecular complexity index is 1980. The Morgan fingerprint density at radius 1 is 0.451 bits per heavy atom. The Kier molecular flexibility index (Phi) is 10.0. The van der Waals surface area contributed by atoms with Gasteiger partial charge >= 0.3 is 0 Å². The lowest BCUT2D eigenvalue weighted by atomic mass is 9.83. The summed E-state index contributed by atoms with van der Waals surface area (Å²) < 4.78 is 2.57. The molecule has 51 heavy (non-hydrogen) atoms. The van der Waals surface area contributed by atoms with Crippen LogP contribution in [-0.2, 0) is 0 Å². The maximum atomic E-state index is 2.57. The second-order valence-electron chi connectivity index (χ2n) is 14.6. The third-order valence-corrected chi connectivity index (χ3v) is 11.1. The van der Waals surface area contributed by atoms with Crippen LogP contribution in [0.4, 0.5) is 11.4 Å². The predicted octanol–water partition coefficient (Wildman–Crippen LogP) is 12.1. The molecule has 0 N–H and O–H groups in total. The van der Waals surface area contributed by atoms with Crippen molar-refractivity contribution in [3.05, 3.63) is 201 Å². The highest BCUT2D eigenvalue weighted by molar-refractivity contribution is 5.84. The van der Waals surface area contributed by atoms with Crippen molar-refractivity contribution in [1.29, 1.82) is 0 Å². The lowest BCUT2D eigenvalue weighted by Crippen LogP contribution is -2.23. The van der Waals surface area contributed by atoms with Gasteiger partial charge in [0.15, 0.2) is 0 Å². The zero-order valence-electron chi connectivity index (χ0n) is 31.1. The predicted molar refractivity (Wildman–Crippen MR) is 216 cm³/mol. The molecule has 2 heteroatoms. The van der Waals surface area contributed by atoms with Crippen LogP contribution in [0, 0.1) is 13.8 Å². The molecule has 4 atom stereocenters. The normalized spacial score (nSPS) is 15.3. The molecule has 0 radical (unpaired) electrons. The van der Waals surface area contributed by atoms with Crippen LogP contribution in [0.15, 0.2) is 146 Å². The molecule has 4 unspecified atom stereocenters. The summed E-state index contributed by atoms with van der Waals surface area (Å²) in [5, 5.41) is 0. The van der Waals surface area contributed by atoms with Gasteiger partial charge in [-0.25, -0.2) is 9.48 Å². The summed E-state index contributed by atoms with van der Waals surface area (Å²) in [6.07, 6.45) is 2.43. The quantitative estimate of drug-likeness (QED) is 0.132. The topological polar surface area (TPSA) is 6.25 Å². The molecular formula is C49H51N2+. The van der Waals surface area contributed by atoms with Crippen molar-refractivity contribution in [2.24, 2.45) is 0 Å². The molecule has 0 bridgehead atoms. The molecule has 0 fully saturated rings. The maximum absolute atomic E-state index is 2.57. The van der Waals surface area contributed by atoms with Crippen molar-refractivity contribution in [3.63, 3.8) is 0 Å². The van der Waals surface area contributed by atoms with E-state index in [0.717, 1.165) is 13.1 Å². The van der Waals surface area contributed by atoms with Crippen LogP contribution in [-0.4, -0.2) is 24.0 Å². The summed E-state index contributed by atoms with van der Waals surface area (Å²) >= 11 is 0. The van der Waals surface area contributed by atoms with Gasteiger partial charge < -0.3 is 0 Å². The zero-order chi connectivity index (χ0) is 35.5. The molecule has 0 saturated heterocycles. The summed E-state index contributed by atoms with van der Waals surface area (Å²) in [5.41, 5.74) is 16.2. The molecule has 0 amide bonds. The smallest absolute Gasteiger partial charge is 0.229 e. The number of nitrogens with zero attached hydrogens (tertiary/aromatic N) is 2. The van der Waals surface area contributed by atoms with Crippen molar-refractivity contribution in [3.8, 4) is 0 Å². The highest BCUT2D eigenvalue weighted by Crippen LogP contribution is 2.44. The van der Waals surface area contributed by atoms with Crippen LogP contribution in [0.25, 0.3) is 0 Å². The summed E-state index contributed by atoms with van der Waals surface area (Å²) in [6, 6.07) is 53.7. The van der Waals surface area contributed by atoms with Crippen LogP contribution in [0.5, 0.6) is 0 Å². The number of anilines is 1. The van der Waals surface area contributed by atoms with Gasteiger partial charge in [0.05, 0.1) is 0 Å². The van der Waals surface area contributed by atoms with Crippen LogP contribution < -0.4 is 4.90 Å². The number of benzene rings is 6. The fourth-order valence-corrected chi connectivity index (χ4v) is 8.18. The molecule has 0 saturated carbocycles. The Hall–Kier alpha value is -5.21. The fourth-order valence-electron chi connectivity index (χ4n) is 8.18. The molecule has 256 valence electrons. The van der Waals surface area contributed by atoms with Crippen LogP contribution in [0.1, 0.15) is 107 Å². The van der Waals surface area contributed by atoms with Gasteiger partial charge in [-0.2, -0.15) is 0 Å². The second-order valence-corrected chi connectivity index (χ2v) is 14.6. The van der Waals surface area contributed by atoms with E-state index in [1.807, 2.05) is 0 Å². The van der Waals surface area contributed by atoms with E-state index >= 15 is 0 Å². The van der Waals surface area contributed by atoms with E-state index in [0.29, 0.717) is 0 Å². The first-order chi connectivity index (χ1) is 24.8. The van der Waals surface area contributed by atoms with Crippen molar-refractivity contribution < 1.29 is 4.58 Å². The molecular weight excluding hydrogens is 617 g/mol. The van der Waals surface area contributed by atoms with Crippen LogP contribution in [0.2, 0.25) is 0 Å². The van der Waals surface area contributed by atoms with E-state index in [-0.39, 0.29) is 23.7 Å². The summed E-state index contributed by atoms with van der Waals surface area (Å²) in [7, 11) is 0. The molecule has 1 aliphatic rings. The highest BCUT2D eigenvalue weighted by atomic mass is 15.3. The highest BCUT2D eigenvalue weighted by Gasteiger charge is 2.34. The van der Waals surface area contributed by atoms with Gasteiger partial charge in [-0.05, 0) is 36.1 Å². The van der Waals surface area contributed by atoms with Crippen molar-refractivity contribution in [2.45, 2.75) is 65.2 Å². The first-order valence-corrected chi connectivity index (χ1v) is 18.7. The average Bonchev–Trinajstić information content (AvgIpc) is 3.66. The van der Waals surface area contributed by atoms with Gasteiger partial charge in [0.25, 0.3) is 0 Å². The molecule has 0 aromatic heterocycles. The number of hydrogen-bond acceptors (Lipinski definition) is 1. The molecule has 0 spiro atoms. The van der Waals surface area contributed by atoms with E-state index < -0.39 is 0 Å². The zero-order valence-corrected chi connectivity index (χ0v) is 31.1. The van der Waals surface area contributed by atoms with Gasteiger partial charge in [0.2, 0.25) is 6.34 Å². The summed E-state index contributed by atoms with van der Waals surface area (Å²) in [6.45, 7) is 15.8. The minimum Gasteiger partial charge on any atom is -0.229 e. The van der Waals surface area contributed by atoms with E-state index in [1.54, 1.807) is 0 Å².